The average molecular weight is 216 g/mol. The quantitative estimate of drug-likeness (QED) is 0.571. The van der Waals surface area contributed by atoms with Gasteiger partial charge in [-0.25, -0.2) is 4.79 Å². The number of hydrogen-bond donors (Lipinski definition) is 0. The lowest BCUT2D eigenvalue weighted by molar-refractivity contribution is 0.0599. The lowest BCUT2D eigenvalue weighted by Gasteiger charge is -2.11. The Kier molecular flexibility index (Phi) is 4.60. The molecule has 0 saturated carbocycles. The van der Waals surface area contributed by atoms with Crippen molar-refractivity contribution in [3.8, 4) is 12.3 Å². The Morgan fingerprint density at radius 3 is 2.81 bits per heavy atom. The van der Waals surface area contributed by atoms with E-state index in [1.807, 2.05) is 12.1 Å². The van der Waals surface area contributed by atoms with E-state index in [0.29, 0.717) is 12.0 Å². The summed E-state index contributed by atoms with van der Waals surface area (Å²) in [5, 5.41) is 0. The minimum Gasteiger partial charge on any atom is -0.465 e. The Morgan fingerprint density at radius 2 is 2.25 bits per heavy atom. The molecule has 2 nitrogen and oxygen atoms in total. The summed E-state index contributed by atoms with van der Waals surface area (Å²) in [6, 6.07) is 5.60. The summed E-state index contributed by atoms with van der Waals surface area (Å²) >= 11 is 0. The third-order valence-electron chi connectivity index (χ3n) is 2.47. The summed E-state index contributed by atoms with van der Waals surface area (Å²) in [7, 11) is 1.39. The zero-order valence-corrected chi connectivity index (χ0v) is 9.75. The maximum absolute atomic E-state index is 11.6. The van der Waals surface area contributed by atoms with Crippen molar-refractivity contribution < 1.29 is 9.53 Å². The number of hydrogen-bond acceptors (Lipinski definition) is 2. The van der Waals surface area contributed by atoms with E-state index in [9.17, 15) is 4.79 Å². The molecule has 0 aliphatic rings. The zero-order valence-electron chi connectivity index (χ0n) is 9.75. The Bertz CT molecular complexity index is 413. The Labute approximate surface area is 96.6 Å². The number of ether oxygens (including phenoxy) is 1. The van der Waals surface area contributed by atoms with E-state index in [1.54, 1.807) is 6.07 Å². The molecule has 0 saturated heterocycles. The van der Waals surface area contributed by atoms with Gasteiger partial charge in [-0.2, -0.15) is 0 Å². The van der Waals surface area contributed by atoms with Gasteiger partial charge < -0.3 is 4.74 Å². The fraction of sp³-hybridized carbons (Fsp3) is 0.357. The molecule has 0 radical (unpaired) electrons. The molecule has 0 N–H and O–H groups in total. The number of carbonyl (C=O) groups excluding carboxylic acids is 1. The highest BCUT2D eigenvalue weighted by molar-refractivity contribution is 5.91. The van der Waals surface area contributed by atoms with Crippen molar-refractivity contribution in [2.45, 2.75) is 26.2 Å². The van der Waals surface area contributed by atoms with Gasteiger partial charge in [0.05, 0.1) is 12.7 Å². The Balaban J connectivity index is 3.21. The number of carbonyl (C=O) groups is 1. The summed E-state index contributed by atoms with van der Waals surface area (Å²) in [6.07, 6.45) is 7.70. The van der Waals surface area contributed by atoms with Gasteiger partial charge in [0.25, 0.3) is 0 Å². The molecular weight excluding hydrogens is 200 g/mol. The van der Waals surface area contributed by atoms with Gasteiger partial charge in [0.15, 0.2) is 0 Å². The highest BCUT2D eigenvalue weighted by Gasteiger charge is 2.13. The van der Waals surface area contributed by atoms with Gasteiger partial charge in [-0.15, -0.1) is 12.3 Å². The summed E-state index contributed by atoms with van der Waals surface area (Å²) < 4.78 is 4.77. The maximum atomic E-state index is 11.6. The first-order valence-corrected chi connectivity index (χ1v) is 5.37. The van der Waals surface area contributed by atoms with E-state index in [1.165, 1.54) is 7.11 Å². The summed E-state index contributed by atoms with van der Waals surface area (Å²) in [5.41, 5.74) is 2.71. The average Bonchev–Trinajstić information content (AvgIpc) is 2.31. The molecule has 2 heteroatoms. The largest absolute Gasteiger partial charge is 0.465 e. The van der Waals surface area contributed by atoms with Crippen LogP contribution in [0.15, 0.2) is 18.2 Å². The van der Waals surface area contributed by atoms with E-state index < -0.39 is 0 Å². The van der Waals surface area contributed by atoms with Crippen molar-refractivity contribution >= 4 is 5.97 Å². The molecular formula is C14H16O2. The summed E-state index contributed by atoms with van der Waals surface area (Å²) in [5.74, 6) is 2.33. The third kappa shape index (κ3) is 2.64. The molecule has 16 heavy (non-hydrogen) atoms. The highest BCUT2D eigenvalue weighted by Crippen LogP contribution is 2.18. The van der Waals surface area contributed by atoms with Crippen LogP contribution >= 0.6 is 0 Å². The molecule has 0 aromatic heterocycles. The van der Waals surface area contributed by atoms with Gasteiger partial charge in [0.2, 0.25) is 0 Å². The number of terminal acetylenes is 1. The van der Waals surface area contributed by atoms with E-state index >= 15 is 0 Å². The van der Waals surface area contributed by atoms with Crippen molar-refractivity contribution in [3.05, 3.63) is 34.9 Å². The minimum atomic E-state index is -0.290. The number of benzene rings is 1. The van der Waals surface area contributed by atoms with E-state index in [0.717, 1.165) is 24.0 Å². The Hall–Kier alpha value is -1.75. The van der Waals surface area contributed by atoms with E-state index in [-0.39, 0.29) is 5.97 Å². The highest BCUT2D eigenvalue weighted by atomic mass is 16.5. The molecule has 0 unspecified atom stereocenters. The van der Waals surface area contributed by atoms with Crippen molar-refractivity contribution in [2.75, 3.05) is 7.11 Å². The van der Waals surface area contributed by atoms with E-state index in [4.69, 9.17) is 11.2 Å². The lowest BCUT2D eigenvalue weighted by atomic mass is 9.95. The second-order valence-electron chi connectivity index (χ2n) is 3.57. The van der Waals surface area contributed by atoms with Crippen LogP contribution in [0.1, 0.15) is 34.8 Å². The zero-order chi connectivity index (χ0) is 12.0. The van der Waals surface area contributed by atoms with Gasteiger partial charge >= 0.3 is 5.97 Å². The molecule has 0 spiro atoms. The van der Waals surface area contributed by atoms with Gasteiger partial charge in [-0.1, -0.05) is 25.5 Å². The number of methoxy groups -OCH3 is 1. The van der Waals surface area contributed by atoms with Crippen LogP contribution in [0.2, 0.25) is 0 Å². The van der Waals surface area contributed by atoms with E-state index in [2.05, 4.69) is 12.8 Å². The van der Waals surface area contributed by atoms with Crippen LogP contribution < -0.4 is 0 Å². The molecule has 1 aromatic rings. The Morgan fingerprint density at radius 1 is 1.50 bits per heavy atom. The number of rotatable bonds is 4. The molecule has 84 valence electrons. The van der Waals surface area contributed by atoms with Crippen molar-refractivity contribution in [2.24, 2.45) is 0 Å². The maximum Gasteiger partial charge on any atom is 0.338 e. The molecule has 1 rings (SSSR count). The van der Waals surface area contributed by atoms with Gasteiger partial charge in [-0.3, -0.25) is 0 Å². The molecule has 0 fully saturated rings. The second-order valence-corrected chi connectivity index (χ2v) is 3.57. The topological polar surface area (TPSA) is 26.3 Å². The van der Waals surface area contributed by atoms with Crippen molar-refractivity contribution in [1.29, 1.82) is 0 Å². The normalized spacial score (nSPS) is 9.56. The molecule has 0 heterocycles. The monoisotopic (exact) mass is 216 g/mol. The standard InChI is InChI=1S/C14H16O2/c1-4-7-11-9-6-10-13(14(15)16-3)12(11)8-5-2/h1,6,9-10H,5,7-8H2,2-3H3. The third-order valence-corrected chi connectivity index (χ3v) is 2.47. The minimum absolute atomic E-state index is 0.290. The summed E-state index contributed by atoms with van der Waals surface area (Å²) in [4.78, 5) is 11.6. The van der Waals surface area contributed by atoms with Crippen LogP contribution in [-0.2, 0) is 17.6 Å². The molecule has 0 aliphatic heterocycles. The second kappa shape index (κ2) is 5.97. The van der Waals surface area contributed by atoms with Crippen molar-refractivity contribution in [3.63, 3.8) is 0 Å². The smallest absolute Gasteiger partial charge is 0.338 e. The fourth-order valence-corrected chi connectivity index (χ4v) is 1.76. The predicted octanol–water partition coefficient (Wildman–Crippen LogP) is 2.60. The molecule has 0 aliphatic carbocycles. The van der Waals surface area contributed by atoms with Crippen LogP contribution in [0, 0.1) is 12.3 Å². The van der Waals surface area contributed by atoms with Crippen LogP contribution in [0.25, 0.3) is 0 Å². The van der Waals surface area contributed by atoms with Crippen molar-refractivity contribution in [1.82, 2.24) is 0 Å². The first-order valence-electron chi connectivity index (χ1n) is 5.37. The van der Waals surface area contributed by atoms with Crippen LogP contribution in [-0.4, -0.2) is 13.1 Å². The first-order chi connectivity index (χ1) is 7.74. The molecule has 0 amide bonds. The SMILES string of the molecule is C#CCc1cccc(C(=O)OC)c1CCC. The lowest BCUT2D eigenvalue weighted by Crippen LogP contribution is -2.08. The van der Waals surface area contributed by atoms with Crippen LogP contribution in [0.4, 0.5) is 0 Å². The van der Waals surface area contributed by atoms with Gasteiger partial charge in [0.1, 0.15) is 0 Å². The number of esters is 1. The first kappa shape index (κ1) is 12.3. The van der Waals surface area contributed by atoms with Gasteiger partial charge in [-0.05, 0) is 23.6 Å². The molecule has 1 aromatic carbocycles. The fourth-order valence-electron chi connectivity index (χ4n) is 1.76. The van der Waals surface area contributed by atoms with Crippen LogP contribution in [0.5, 0.6) is 0 Å². The van der Waals surface area contributed by atoms with Gasteiger partial charge in [0, 0.05) is 6.42 Å². The van der Waals surface area contributed by atoms with Crippen LogP contribution in [0.3, 0.4) is 0 Å². The predicted molar refractivity (Wildman–Crippen MR) is 64.3 cm³/mol. The summed E-state index contributed by atoms with van der Waals surface area (Å²) in [6.45, 7) is 2.08. The molecule has 0 atom stereocenters. The molecule has 0 bridgehead atoms.